The predicted molar refractivity (Wildman–Crippen MR) is 64.0 cm³/mol. The van der Waals surface area contributed by atoms with Crippen LogP contribution in [0.4, 0.5) is 5.82 Å². The highest BCUT2D eigenvalue weighted by Crippen LogP contribution is 2.39. The first-order valence-electron chi connectivity index (χ1n) is 6.09. The molecule has 16 heavy (non-hydrogen) atoms. The van der Waals surface area contributed by atoms with Crippen molar-refractivity contribution in [2.24, 2.45) is 0 Å². The zero-order valence-corrected chi connectivity index (χ0v) is 9.99. The van der Waals surface area contributed by atoms with Gasteiger partial charge in [0.25, 0.3) is 0 Å². The highest BCUT2D eigenvalue weighted by Gasteiger charge is 2.27. The summed E-state index contributed by atoms with van der Waals surface area (Å²) in [5.74, 6) is 3.08. The first-order valence-corrected chi connectivity index (χ1v) is 6.09. The number of anilines is 1. The van der Waals surface area contributed by atoms with E-state index in [1.165, 1.54) is 12.8 Å². The molecular weight excluding hydrogens is 202 g/mol. The van der Waals surface area contributed by atoms with E-state index in [4.69, 9.17) is 4.74 Å². The fourth-order valence-corrected chi connectivity index (χ4v) is 1.52. The van der Waals surface area contributed by atoms with Crippen LogP contribution < -0.4 is 10.1 Å². The number of nitrogens with zero attached hydrogens (tertiary/aromatic N) is 2. The Bertz CT molecular complexity index is 350. The molecule has 1 saturated carbocycles. The normalized spacial score (nSPS) is 14.9. The molecule has 0 saturated heterocycles. The van der Waals surface area contributed by atoms with Gasteiger partial charge in [-0.15, -0.1) is 0 Å². The van der Waals surface area contributed by atoms with Crippen molar-refractivity contribution in [2.75, 3.05) is 18.5 Å². The Morgan fingerprint density at radius 3 is 2.81 bits per heavy atom. The van der Waals surface area contributed by atoms with Gasteiger partial charge in [0.2, 0.25) is 5.88 Å². The SMILES string of the molecule is CCCOc1cc(NCC)nc(C2CC2)n1. The lowest BCUT2D eigenvalue weighted by Gasteiger charge is -2.09. The zero-order chi connectivity index (χ0) is 11.4. The topological polar surface area (TPSA) is 47.0 Å². The maximum atomic E-state index is 5.57. The lowest BCUT2D eigenvalue weighted by atomic mass is 10.4. The molecule has 1 fully saturated rings. The molecule has 0 atom stereocenters. The van der Waals surface area contributed by atoms with Crippen molar-refractivity contribution >= 4 is 5.82 Å². The van der Waals surface area contributed by atoms with Gasteiger partial charge >= 0.3 is 0 Å². The van der Waals surface area contributed by atoms with Crippen LogP contribution in [0.3, 0.4) is 0 Å². The average Bonchev–Trinajstić information content (AvgIpc) is 3.10. The summed E-state index contributed by atoms with van der Waals surface area (Å²) >= 11 is 0. The summed E-state index contributed by atoms with van der Waals surface area (Å²) in [7, 11) is 0. The number of rotatable bonds is 6. The molecule has 0 aromatic carbocycles. The van der Waals surface area contributed by atoms with Crippen molar-refractivity contribution in [2.45, 2.75) is 39.0 Å². The lowest BCUT2D eigenvalue weighted by molar-refractivity contribution is 0.304. The van der Waals surface area contributed by atoms with E-state index in [1.807, 2.05) is 6.07 Å². The van der Waals surface area contributed by atoms with Gasteiger partial charge < -0.3 is 10.1 Å². The van der Waals surface area contributed by atoms with E-state index in [2.05, 4.69) is 29.1 Å². The molecule has 0 aliphatic heterocycles. The molecule has 4 nitrogen and oxygen atoms in total. The quantitative estimate of drug-likeness (QED) is 0.802. The standard InChI is InChI=1S/C12H19N3O/c1-3-7-16-11-8-10(13-4-2)14-12(15-11)9-5-6-9/h8-9H,3-7H2,1-2H3,(H,13,14,15). The molecular formula is C12H19N3O. The molecule has 2 rings (SSSR count). The smallest absolute Gasteiger partial charge is 0.218 e. The second kappa shape index (κ2) is 5.14. The van der Waals surface area contributed by atoms with Gasteiger partial charge in [-0.25, -0.2) is 4.98 Å². The van der Waals surface area contributed by atoms with Crippen LogP contribution in [0.2, 0.25) is 0 Å². The first kappa shape index (κ1) is 11.2. The van der Waals surface area contributed by atoms with E-state index in [0.717, 1.165) is 24.6 Å². The minimum atomic E-state index is 0.558. The minimum Gasteiger partial charge on any atom is -0.478 e. The molecule has 1 aliphatic rings. The van der Waals surface area contributed by atoms with Gasteiger partial charge in [0.1, 0.15) is 11.6 Å². The van der Waals surface area contributed by atoms with Gasteiger partial charge in [-0.05, 0) is 26.2 Å². The van der Waals surface area contributed by atoms with E-state index < -0.39 is 0 Å². The molecule has 1 aromatic rings. The summed E-state index contributed by atoms with van der Waals surface area (Å²) in [6.45, 7) is 5.74. The highest BCUT2D eigenvalue weighted by atomic mass is 16.5. The number of hydrogen-bond donors (Lipinski definition) is 1. The van der Waals surface area contributed by atoms with Crippen LogP contribution in [0.1, 0.15) is 44.9 Å². The molecule has 0 bridgehead atoms. The van der Waals surface area contributed by atoms with Crippen LogP contribution in [0.25, 0.3) is 0 Å². The Kier molecular flexibility index (Phi) is 3.59. The summed E-state index contributed by atoms with van der Waals surface area (Å²) < 4.78 is 5.57. The largest absolute Gasteiger partial charge is 0.478 e. The summed E-state index contributed by atoms with van der Waals surface area (Å²) in [6, 6.07) is 1.88. The fourth-order valence-electron chi connectivity index (χ4n) is 1.52. The molecule has 1 heterocycles. The molecule has 0 radical (unpaired) electrons. The number of ether oxygens (including phenoxy) is 1. The van der Waals surface area contributed by atoms with Gasteiger partial charge in [0, 0.05) is 18.5 Å². The molecule has 1 aliphatic carbocycles. The summed E-state index contributed by atoms with van der Waals surface area (Å²) in [5, 5.41) is 3.22. The lowest BCUT2D eigenvalue weighted by Crippen LogP contribution is -2.06. The summed E-state index contributed by atoms with van der Waals surface area (Å²) in [5.41, 5.74) is 0. The molecule has 4 heteroatoms. The number of hydrogen-bond acceptors (Lipinski definition) is 4. The van der Waals surface area contributed by atoms with Crippen molar-refractivity contribution in [3.63, 3.8) is 0 Å². The molecule has 0 unspecified atom stereocenters. The third kappa shape index (κ3) is 2.84. The third-order valence-electron chi connectivity index (χ3n) is 2.47. The maximum Gasteiger partial charge on any atom is 0.218 e. The van der Waals surface area contributed by atoms with Crippen molar-refractivity contribution in [1.82, 2.24) is 9.97 Å². The Labute approximate surface area is 96.4 Å². The second-order valence-corrected chi connectivity index (χ2v) is 4.10. The van der Waals surface area contributed by atoms with Gasteiger partial charge in [0.15, 0.2) is 0 Å². The van der Waals surface area contributed by atoms with Crippen molar-refractivity contribution in [1.29, 1.82) is 0 Å². The predicted octanol–water partition coefficient (Wildman–Crippen LogP) is 2.57. The van der Waals surface area contributed by atoms with Crippen LogP contribution in [-0.4, -0.2) is 23.1 Å². The highest BCUT2D eigenvalue weighted by molar-refractivity contribution is 5.39. The van der Waals surface area contributed by atoms with Gasteiger partial charge in [-0.2, -0.15) is 4.98 Å². The summed E-state index contributed by atoms with van der Waals surface area (Å²) in [4.78, 5) is 8.93. The Hall–Kier alpha value is -1.32. The molecule has 88 valence electrons. The van der Waals surface area contributed by atoms with E-state index in [1.54, 1.807) is 0 Å². The van der Waals surface area contributed by atoms with Crippen LogP contribution >= 0.6 is 0 Å². The second-order valence-electron chi connectivity index (χ2n) is 4.10. The average molecular weight is 221 g/mol. The summed E-state index contributed by atoms with van der Waals surface area (Å²) in [6.07, 6.45) is 3.42. The Morgan fingerprint density at radius 1 is 1.38 bits per heavy atom. The van der Waals surface area contributed by atoms with Crippen molar-refractivity contribution in [3.05, 3.63) is 11.9 Å². The zero-order valence-electron chi connectivity index (χ0n) is 9.99. The van der Waals surface area contributed by atoms with Crippen LogP contribution in [0.15, 0.2) is 6.07 Å². The van der Waals surface area contributed by atoms with Gasteiger partial charge in [-0.1, -0.05) is 6.92 Å². The molecule has 1 aromatic heterocycles. The van der Waals surface area contributed by atoms with Crippen LogP contribution in [0.5, 0.6) is 5.88 Å². The van der Waals surface area contributed by atoms with E-state index >= 15 is 0 Å². The molecule has 0 spiro atoms. The van der Waals surface area contributed by atoms with E-state index in [-0.39, 0.29) is 0 Å². The monoisotopic (exact) mass is 221 g/mol. The Morgan fingerprint density at radius 2 is 2.19 bits per heavy atom. The molecule has 1 N–H and O–H groups in total. The number of aromatic nitrogens is 2. The Balaban J connectivity index is 2.14. The van der Waals surface area contributed by atoms with Crippen LogP contribution in [-0.2, 0) is 0 Å². The van der Waals surface area contributed by atoms with Gasteiger partial charge in [-0.3, -0.25) is 0 Å². The van der Waals surface area contributed by atoms with Crippen molar-refractivity contribution < 1.29 is 4.74 Å². The van der Waals surface area contributed by atoms with Gasteiger partial charge in [0.05, 0.1) is 6.61 Å². The van der Waals surface area contributed by atoms with E-state index in [9.17, 15) is 0 Å². The van der Waals surface area contributed by atoms with E-state index in [0.29, 0.717) is 18.4 Å². The molecule has 0 amide bonds. The van der Waals surface area contributed by atoms with Crippen molar-refractivity contribution in [3.8, 4) is 5.88 Å². The minimum absolute atomic E-state index is 0.558. The number of nitrogens with one attached hydrogen (secondary N) is 1. The first-order chi connectivity index (χ1) is 7.83. The van der Waals surface area contributed by atoms with Crippen LogP contribution in [0, 0.1) is 0 Å². The maximum absolute atomic E-state index is 5.57. The fraction of sp³-hybridized carbons (Fsp3) is 0.667. The third-order valence-corrected chi connectivity index (χ3v) is 2.47.